The first-order chi connectivity index (χ1) is 10.9. The summed E-state index contributed by atoms with van der Waals surface area (Å²) in [6.07, 6.45) is 1.14. The fraction of sp³-hybridized carbons (Fsp3) is 0.500. The van der Waals surface area contributed by atoms with Gasteiger partial charge in [0, 0.05) is 19.7 Å². The Morgan fingerprint density at radius 2 is 2.09 bits per heavy atom. The number of benzene rings is 1. The molecular weight excluding hydrogens is 308 g/mol. The zero-order valence-electron chi connectivity index (χ0n) is 12.8. The van der Waals surface area contributed by atoms with Crippen LogP contribution in [0.2, 0.25) is 0 Å². The molecule has 0 radical (unpaired) electrons. The minimum atomic E-state index is -1.06. The second-order valence-electron chi connectivity index (χ2n) is 5.61. The molecule has 0 unspecified atom stereocenters. The van der Waals surface area contributed by atoms with Gasteiger partial charge >= 0.3 is 5.97 Å². The minimum absolute atomic E-state index is 0.0804. The summed E-state index contributed by atoms with van der Waals surface area (Å²) in [5.41, 5.74) is -0.285. The van der Waals surface area contributed by atoms with Crippen LogP contribution in [0.5, 0.6) is 0 Å². The molecule has 7 heteroatoms. The van der Waals surface area contributed by atoms with Crippen molar-refractivity contribution in [2.45, 2.75) is 32.3 Å². The number of hydrogen-bond donors (Lipinski definition) is 1. The quantitative estimate of drug-likeness (QED) is 0.871. The lowest BCUT2D eigenvalue weighted by molar-refractivity contribution is -0.137. The van der Waals surface area contributed by atoms with Gasteiger partial charge in [-0.25, -0.2) is 8.78 Å². The second-order valence-corrected chi connectivity index (χ2v) is 5.61. The topological polar surface area (TPSA) is 66.8 Å². The van der Waals surface area contributed by atoms with Gasteiger partial charge in [0.2, 0.25) is 0 Å². The van der Waals surface area contributed by atoms with Crippen LogP contribution in [0.15, 0.2) is 12.1 Å². The van der Waals surface area contributed by atoms with Crippen molar-refractivity contribution in [3.05, 3.63) is 34.9 Å². The highest BCUT2D eigenvalue weighted by Crippen LogP contribution is 2.19. The first kappa shape index (κ1) is 17.3. The van der Waals surface area contributed by atoms with E-state index in [9.17, 15) is 18.4 Å². The largest absolute Gasteiger partial charge is 0.481 e. The Hall–Kier alpha value is -2.02. The minimum Gasteiger partial charge on any atom is -0.481 e. The lowest BCUT2D eigenvalue weighted by atomic mass is 10.1. The molecule has 1 aromatic carbocycles. The van der Waals surface area contributed by atoms with E-state index in [-0.39, 0.29) is 31.2 Å². The molecule has 1 N–H and O–H groups in total. The highest BCUT2D eigenvalue weighted by molar-refractivity contribution is 5.94. The molecule has 1 heterocycles. The first-order valence-electron chi connectivity index (χ1n) is 7.47. The van der Waals surface area contributed by atoms with Gasteiger partial charge in [-0.15, -0.1) is 0 Å². The first-order valence-corrected chi connectivity index (χ1v) is 7.47. The Balaban J connectivity index is 2.20. The Morgan fingerprint density at radius 3 is 2.70 bits per heavy atom. The molecule has 0 aromatic heterocycles. The number of halogens is 2. The number of carboxylic acid groups (broad SMARTS) is 1. The Bertz CT molecular complexity index is 600. The molecule has 0 spiro atoms. The van der Waals surface area contributed by atoms with Crippen molar-refractivity contribution < 1.29 is 28.2 Å². The number of ether oxygens (including phenoxy) is 1. The van der Waals surface area contributed by atoms with Crippen molar-refractivity contribution >= 4 is 11.9 Å². The van der Waals surface area contributed by atoms with E-state index in [0.29, 0.717) is 6.61 Å². The molecule has 1 saturated heterocycles. The maximum absolute atomic E-state index is 14.0. The number of rotatable bonds is 6. The molecule has 1 aliphatic heterocycles. The van der Waals surface area contributed by atoms with Crippen LogP contribution in [0.4, 0.5) is 8.78 Å². The van der Waals surface area contributed by atoms with Gasteiger partial charge in [0.05, 0.1) is 18.1 Å². The van der Waals surface area contributed by atoms with E-state index in [1.807, 2.05) is 0 Å². The predicted molar refractivity (Wildman–Crippen MR) is 78.2 cm³/mol. The molecule has 0 bridgehead atoms. The number of amides is 1. The van der Waals surface area contributed by atoms with Crippen LogP contribution in [0.1, 0.15) is 35.2 Å². The van der Waals surface area contributed by atoms with Gasteiger partial charge in [-0.2, -0.15) is 0 Å². The van der Waals surface area contributed by atoms with Crippen molar-refractivity contribution in [3.63, 3.8) is 0 Å². The van der Waals surface area contributed by atoms with E-state index >= 15 is 0 Å². The summed E-state index contributed by atoms with van der Waals surface area (Å²) >= 11 is 0. The van der Waals surface area contributed by atoms with E-state index in [2.05, 4.69) is 0 Å². The Morgan fingerprint density at radius 1 is 1.35 bits per heavy atom. The molecule has 2 rings (SSSR count). The zero-order chi connectivity index (χ0) is 17.0. The average Bonchev–Trinajstić information content (AvgIpc) is 2.99. The number of carboxylic acids is 1. The lowest BCUT2D eigenvalue weighted by Gasteiger charge is -2.25. The van der Waals surface area contributed by atoms with Crippen LogP contribution in [0.25, 0.3) is 0 Å². The van der Waals surface area contributed by atoms with Gasteiger partial charge in [-0.3, -0.25) is 9.59 Å². The van der Waals surface area contributed by atoms with Crippen molar-refractivity contribution in [3.8, 4) is 0 Å². The third-order valence-electron chi connectivity index (χ3n) is 3.81. The number of hydrogen-bond acceptors (Lipinski definition) is 3. The summed E-state index contributed by atoms with van der Waals surface area (Å²) in [7, 11) is 0. The van der Waals surface area contributed by atoms with E-state index in [4.69, 9.17) is 9.84 Å². The molecular formula is C16H19F2NO4. The summed E-state index contributed by atoms with van der Waals surface area (Å²) in [4.78, 5) is 24.5. The van der Waals surface area contributed by atoms with Crippen LogP contribution in [0, 0.1) is 18.6 Å². The summed E-state index contributed by atoms with van der Waals surface area (Å²) < 4.78 is 33.1. The number of nitrogens with zero attached hydrogens (tertiary/aromatic N) is 1. The third kappa shape index (κ3) is 4.48. The molecule has 5 nitrogen and oxygen atoms in total. The normalized spacial score (nSPS) is 17.3. The molecule has 23 heavy (non-hydrogen) atoms. The van der Waals surface area contributed by atoms with E-state index in [0.717, 1.165) is 25.0 Å². The molecule has 0 saturated carbocycles. The molecule has 1 atom stereocenters. The highest BCUT2D eigenvalue weighted by Gasteiger charge is 2.26. The smallest absolute Gasteiger partial charge is 0.305 e. The van der Waals surface area contributed by atoms with E-state index in [1.54, 1.807) is 0 Å². The van der Waals surface area contributed by atoms with Gasteiger partial charge in [0.15, 0.2) is 0 Å². The van der Waals surface area contributed by atoms with Crippen molar-refractivity contribution in [2.24, 2.45) is 0 Å². The number of aryl methyl sites for hydroxylation is 1. The van der Waals surface area contributed by atoms with Crippen LogP contribution in [-0.2, 0) is 9.53 Å². The zero-order valence-corrected chi connectivity index (χ0v) is 12.8. The fourth-order valence-corrected chi connectivity index (χ4v) is 2.52. The molecule has 1 aliphatic rings. The molecule has 126 valence electrons. The molecule has 1 amide bonds. The van der Waals surface area contributed by atoms with E-state index in [1.165, 1.54) is 11.8 Å². The Kier molecular flexibility index (Phi) is 5.65. The summed E-state index contributed by atoms with van der Waals surface area (Å²) in [6.45, 7) is 2.07. The standard InChI is InChI=1S/C16H19F2NO4/c1-10-7-14(18)12(8-13(10)17)16(22)19(5-4-15(20)21)9-11-3-2-6-23-11/h7-8,11H,2-6,9H2,1H3,(H,20,21)/t11-/m1/s1. The van der Waals surface area contributed by atoms with Crippen molar-refractivity contribution in [1.82, 2.24) is 4.90 Å². The number of aliphatic carboxylic acids is 1. The van der Waals surface area contributed by atoms with Crippen molar-refractivity contribution in [2.75, 3.05) is 19.7 Å². The average molecular weight is 327 g/mol. The van der Waals surface area contributed by atoms with Gasteiger partial charge in [-0.05, 0) is 37.5 Å². The van der Waals surface area contributed by atoms with Crippen LogP contribution in [0.3, 0.4) is 0 Å². The maximum atomic E-state index is 14.0. The number of carbonyl (C=O) groups is 2. The number of carbonyl (C=O) groups excluding carboxylic acids is 1. The SMILES string of the molecule is Cc1cc(F)c(C(=O)N(CCC(=O)O)C[C@H]2CCCO2)cc1F. The van der Waals surface area contributed by atoms with Crippen LogP contribution in [-0.4, -0.2) is 47.7 Å². The highest BCUT2D eigenvalue weighted by atomic mass is 19.1. The summed E-state index contributed by atoms with van der Waals surface area (Å²) in [5.74, 6) is -3.28. The van der Waals surface area contributed by atoms with Gasteiger partial charge in [-0.1, -0.05) is 0 Å². The monoisotopic (exact) mass is 327 g/mol. The van der Waals surface area contributed by atoms with Gasteiger partial charge in [0.25, 0.3) is 5.91 Å². The molecule has 0 aliphatic carbocycles. The van der Waals surface area contributed by atoms with Crippen molar-refractivity contribution in [1.29, 1.82) is 0 Å². The summed E-state index contributed by atoms with van der Waals surface area (Å²) in [5, 5.41) is 8.81. The lowest BCUT2D eigenvalue weighted by Crippen LogP contribution is -2.39. The summed E-state index contributed by atoms with van der Waals surface area (Å²) in [6, 6.07) is 1.82. The molecule has 1 fully saturated rings. The van der Waals surface area contributed by atoms with E-state index < -0.39 is 29.1 Å². The predicted octanol–water partition coefficient (Wildman–Crippen LogP) is 2.37. The maximum Gasteiger partial charge on any atom is 0.305 e. The molecule has 1 aromatic rings. The Labute approximate surface area is 132 Å². The second kappa shape index (κ2) is 7.50. The van der Waals surface area contributed by atoms with Crippen LogP contribution < -0.4 is 0 Å². The fourth-order valence-electron chi connectivity index (χ4n) is 2.52. The van der Waals surface area contributed by atoms with Crippen LogP contribution >= 0.6 is 0 Å². The van der Waals surface area contributed by atoms with Gasteiger partial charge < -0.3 is 14.7 Å². The third-order valence-corrected chi connectivity index (χ3v) is 3.81. The van der Waals surface area contributed by atoms with Gasteiger partial charge in [0.1, 0.15) is 11.6 Å².